The van der Waals surface area contributed by atoms with E-state index in [1.807, 2.05) is 0 Å². The van der Waals surface area contributed by atoms with E-state index in [9.17, 15) is 20.0 Å². The molecule has 0 unspecified atom stereocenters. The molecule has 38 heavy (non-hydrogen) atoms. The maximum Gasteiger partial charge on any atom is 0.315 e. The molecule has 1 aliphatic heterocycles. The lowest BCUT2D eigenvalue weighted by molar-refractivity contribution is -0.164. The molecule has 3 atom stereocenters. The van der Waals surface area contributed by atoms with Gasteiger partial charge in [0.2, 0.25) is 5.91 Å². The van der Waals surface area contributed by atoms with E-state index in [1.54, 1.807) is 73.7 Å². The van der Waals surface area contributed by atoms with Crippen molar-refractivity contribution in [3.05, 3.63) is 94.9 Å². The predicted molar refractivity (Wildman–Crippen MR) is 142 cm³/mol. The van der Waals surface area contributed by atoms with Crippen molar-refractivity contribution in [3.8, 4) is 11.8 Å². The highest BCUT2D eigenvalue weighted by Crippen LogP contribution is 2.49. The van der Waals surface area contributed by atoms with Crippen molar-refractivity contribution in [3.63, 3.8) is 0 Å². The quantitative estimate of drug-likeness (QED) is 0.348. The summed E-state index contributed by atoms with van der Waals surface area (Å²) in [5.41, 5.74) is -0.863. The van der Waals surface area contributed by atoms with Crippen molar-refractivity contribution in [2.45, 2.75) is 18.6 Å². The van der Waals surface area contributed by atoms with Crippen LogP contribution in [0.15, 0.2) is 88.0 Å². The van der Waals surface area contributed by atoms with Crippen LogP contribution in [0.1, 0.15) is 24.2 Å². The van der Waals surface area contributed by atoms with Crippen LogP contribution in [0.3, 0.4) is 0 Å². The molecule has 2 aromatic carbocycles. The first-order valence-corrected chi connectivity index (χ1v) is 12.9. The number of methoxy groups -OCH3 is 1. The second-order valence-electron chi connectivity index (χ2n) is 8.40. The minimum Gasteiger partial charge on any atom is -0.497 e. The number of nitrogens with one attached hydrogen (secondary N) is 2. The number of allylic oxidation sites excluding steroid dienone is 1. The number of carbonyl (C=O) groups excluding carboxylic acids is 2. The summed E-state index contributed by atoms with van der Waals surface area (Å²) in [6.07, 6.45) is 1.44. The minimum absolute atomic E-state index is 0.0788. The summed E-state index contributed by atoms with van der Waals surface area (Å²) < 4.78 is 16.2. The van der Waals surface area contributed by atoms with Crippen LogP contribution in [0.25, 0.3) is 0 Å². The van der Waals surface area contributed by atoms with Crippen LogP contribution >= 0.6 is 11.8 Å². The molecular weight excluding hydrogens is 506 g/mol. The highest BCUT2D eigenvalue weighted by molar-refractivity contribution is 8.03. The average molecular weight is 534 g/mol. The molecule has 0 aliphatic carbocycles. The third kappa shape index (κ3) is 5.54. The van der Waals surface area contributed by atoms with Gasteiger partial charge >= 0.3 is 5.97 Å². The third-order valence-corrected chi connectivity index (χ3v) is 7.09. The molecule has 0 saturated heterocycles. The van der Waals surface area contributed by atoms with Gasteiger partial charge in [-0.2, -0.15) is 5.26 Å². The Morgan fingerprint density at radius 2 is 1.97 bits per heavy atom. The van der Waals surface area contributed by atoms with E-state index >= 15 is 0 Å². The third-order valence-electron chi connectivity index (χ3n) is 6.07. The minimum atomic E-state index is -1.96. The van der Waals surface area contributed by atoms with Crippen molar-refractivity contribution in [1.29, 1.82) is 5.26 Å². The summed E-state index contributed by atoms with van der Waals surface area (Å²) in [5.74, 6) is -2.41. The van der Waals surface area contributed by atoms with Gasteiger partial charge in [-0.25, -0.2) is 0 Å². The number of amides is 1. The first kappa shape index (κ1) is 26.9. The maximum absolute atomic E-state index is 13.3. The molecule has 0 fully saturated rings. The summed E-state index contributed by atoms with van der Waals surface area (Å²) >= 11 is 1.04. The van der Waals surface area contributed by atoms with Crippen molar-refractivity contribution in [2.75, 3.05) is 24.8 Å². The molecule has 196 valence electrons. The van der Waals surface area contributed by atoms with Gasteiger partial charge in [0.05, 0.1) is 48.3 Å². The SMILES string of the molecule is CCOC(=O)[C@@H]1[C@H](c2ccco2)C(C#N)=C(SCC(=O)Nc2cccc(OC)c2)N[C@]1(O)c1ccccc1. The number of nitrogens with zero attached hydrogens (tertiary/aromatic N) is 1. The number of benzene rings is 2. The van der Waals surface area contributed by atoms with Gasteiger partial charge in [-0.1, -0.05) is 48.2 Å². The largest absolute Gasteiger partial charge is 0.497 e. The fourth-order valence-corrected chi connectivity index (χ4v) is 5.30. The summed E-state index contributed by atoms with van der Waals surface area (Å²) in [7, 11) is 1.54. The van der Waals surface area contributed by atoms with Gasteiger partial charge in [-0.05, 0) is 31.2 Å². The number of rotatable bonds is 9. The van der Waals surface area contributed by atoms with Crippen LogP contribution in [0, 0.1) is 17.2 Å². The Labute approximate surface area is 224 Å². The highest BCUT2D eigenvalue weighted by Gasteiger charge is 2.55. The number of carbonyl (C=O) groups is 2. The van der Waals surface area contributed by atoms with Crippen LogP contribution in [-0.4, -0.2) is 36.5 Å². The van der Waals surface area contributed by atoms with E-state index < -0.39 is 23.5 Å². The number of hydrogen-bond acceptors (Lipinski definition) is 9. The number of anilines is 1. The zero-order chi connectivity index (χ0) is 27.1. The molecule has 0 saturated carbocycles. The molecule has 9 nitrogen and oxygen atoms in total. The predicted octanol–water partition coefficient (Wildman–Crippen LogP) is 4.11. The number of ether oxygens (including phenoxy) is 2. The topological polar surface area (TPSA) is 134 Å². The second kappa shape index (κ2) is 11.9. The Bertz CT molecular complexity index is 1350. The van der Waals surface area contributed by atoms with Gasteiger partial charge in [0.15, 0.2) is 5.72 Å². The second-order valence-corrected chi connectivity index (χ2v) is 9.39. The smallest absolute Gasteiger partial charge is 0.315 e. The van der Waals surface area contributed by atoms with Crippen molar-refractivity contribution in [1.82, 2.24) is 5.32 Å². The zero-order valence-electron chi connectivity index (χ0n) is 20.8. The van der Waals surface area contributed by atoms with Crippen molar-refractivity contribution < 1.29 is 28.6 Å². The van der Waals surface area contributed by atoms with Crippen LogP contribution in [0.5, 0.6) is 5.75 Å². The first-order valence-electron chi connectivity index (χ1n) is 11.9. The Morgan fingerprint density at radius 1 is 1.18 bits per heavy atom. The molecule has 3 aromatic rings. The molecule has 0 radical (unpaired) electrons. The Morgan fingerprint density at radius 3 is 2.63 bits per heavy atom. The van der Waals surface area contributed by atoms with Gasteiger partial charge in [-0.3, -0.25) is 9.59 Å². The number of esters is 1. The summed E-state index contributed by atoms with van der Waals surface area (Å²) in [5, 5.41) is 28.3. The molecule has 2 heterocycles. The lowest BCUT2D eigenvalue weighted by Crippen LogP contribution is -2.56. The monoisotopic (exact) mass is 533 g/mol. The van der Waals surface area contributed by atoms with E-state index in [0.717, 1.165) is 11.8 Å². The van der Waals surface area contributed by atoms with E-state index in [2.05, 4.69) is 16.7 Å². The number of aliphatic hydroxyl groups is 1. The lowest BCUT2D eigenvalue weighted by atomic mass is 9.73. The van der Waals surface area contributed by atoms with Gasteiger partial charge < -0.3 is 29.6 Å². The molecule has 10 heteroatoms. The van der Waals surface area contributed by atoms with Gasteiger partial charge in [0.1, 0.15) is 17.4 Å². The fourth-order valence-electron chi connectivity index (χ4n) is 4.39. The standard InChI is InChI=1S/C28H27N3O6S/c1-3-36-27(33)25-24(22-13-8-14-37-22)21(16-29)26(31-28(25,34)18-9-5-4-6-10-18)38-17-23(32)30-19-11-7-12-20(15-19)35-2/h4-15,24-25,31,34H,3,17H2,1-2H3,(H,30,32)/t24-,25-,28-/m0/s1. The fraction of sp³-hybridized carbons (Fsp3) is 0.250. The summed E-state index contributed by atoms with van der Waals surface area (Å²) in [6.45, 7) is 1.75. The Kier molecular flexibility index (Phi) is 8.41. The van der Waals surface area contributed by atoms with Crippen molar-refractivity contribution >= 4 is 29.3 Å². The highest BCUT2D eigenvalue weighted by atomic mass is 32.2. The first-order chi connectivity index (χ1) is 18.4. The van der Waals surface area contributed by atoms with E-state index in [-0.39, 0.29) is 28.9 Å². The van der Waals surface area contributed by atoms with Crippen LogP contribution in [-0.2, 0) is 20.1 Å². The summed E-state index contributed by atoms with van der Waals surface area (Å²) in [6, 6.07) is 21.0. The van der Waals surface area contributed by atoms with E-state index in [0.29, 0.717) is 22.8 Å². The van der Waals surface area contributed by atoms with E-state index in [4.69, 9.17) is 13.9 Å². The molecule has 3 N–H and O–H groups in total. The number of thioether (sulfide) groups is 1. The van der Waals surface area contributed by atoms with Crippen LogP contribution in [0.4, 0.5) is 5.69 Å². The molecule has 0 bridgehead atoms. The van der Waals surface area contributed by atoms with Gasteiger partial charge in [0.25, 0.3) is 0 Å². The van der Waals surface area contributed by atoms with Crippen molar-refractivity contribution in [2.24, 2.45) is 5.92 Å². The maximum atomic E-state index is 13.3. The molecule has 1 aromatic heterocycles. The molecule has 1 amide bonds. The Balaban J connectivity index is 1.72. The molecule has 4 rings (SSSR count). The van der Waals surface area contributed by atoms with Gasteiger partial charge in [0, 0.05) is 17.3 Å². The number of nitriles is 1. The van der Waals surface area contributed by atoms with Crippen LogP contribution < -0.4 is 15.4 Å². The molecular formula is C28H27N3O6S. The van der Waals surface area contributed by atoms with Gasteiger partial charge in [-0.15, -0.1) is 0 Å². The van der Waals surface area contributed by atoms with E-state index in [1.165, 1.54) is 13.4 Å². The zero-order valence-corrected chi connectivity index (χ0v) is 21.7. The van der Waals surface area contributed by atoms with Crippen LogP contribution in [0.2, 0.25) is 0 Å². The normalized spacial score (nSPS) is 20.7. The Hall–Kier alpha value is -4.20. The number of furan rings is 1. The molecule has 0 spiro atoms. The molecule has 1 aliphatic rings. The average Bonchev–Trinajstić information content (AvgIpc) is 3.47. The lowest BCUT2D eigenvalue weighted by Gasteiger charge is -2.44. The summed E-state index contributed by atoms with van der Waals surface area (Å²) in [4.78, 5) is 26.1. The number of hydrogen-bond donors (Lipinski definition) is 3.